The van der Waals surface area contributed by atoms with Crippen molar-refractivity contribution in [1.29, 1.82) is 0 Å². The van der Waals surface area contributed by atoms with E-state index in [1.165, 1.54) is 11.5 Å². The van der Waals surface area contributed by atoms with E-state index < -0.39 is 0 Å². The van der Waals surface area contributed by atoms with E-state index in [1.807, 2.05) is 6.92 Å². The average molecular weight is 243 g/mol. The molecule has 0 spiro atoms. The van der Waals surface area contributed by atoms with Gasteiger partial charge in [-0.2, -0.15) is 4.37 Å². The standard InChI is InChI=1S/C11H21N3OS/c1-4-8(5-2)9(15)7-12-11-13-10(6-3)14-16-11/h8-9,15H,4-7H2,1-3H3,(H,12,13,14). The fourth-order valence-corrected chi connectivity index (χ4v) is 2.32. The lowest BCUT2D eigenvalue weighted by Crippen LogP contribution is -2.27. The molecular formula is C11H21N3OS. The summed E-state index contributed by atoms with van der Waals surface area (Å²) < 4.78 is 4.18. The van der Waals surface area contributed by atoms with Gasteiger partial charge in [-0.3, -0.25) is 0 Å². The van der Waals surface area contributed by atoms with E-state index in [9.17, 15) is 5.11 Å². The third-order valence-corrected chi connectivity index (χ3v) is 3.55. The van der Waals surface area contributed by atoms with Gasteiger partial charge in [-0.25, -0.2) is 4.98 Å². The minimum absolute atomic E-state index is 0.302. The fourth-order valence-electron chi connectivity index (χ4n) is 1.66. The number of nitrogens with one attached hydrogen (secondary N) is 1. The van der Waals surface area contributed by atoms with Crippen LogP contribution in [0.4, 0.5) is 5.13 Å². The third-order valence-electron chi connectivity index (χ3n) is 2.84. The van der Waals surface area contributed by atoms with Gasteiger partial charge in [0.25, 0.3) is 0 Å². The van der Waals surface area contributed by atoms with E-state index in [2.05, 4.69) is 28.5 Å². The minimum atomic E-state index is -0.302. The minimum Gasteiger partial charge on any atom is -0.391 e. The predicted molar refractivity (Wildman–Crippen MR) is 67.9 cm³/mol. The number of aliphatic hydroxyl groups is 1. The molecule has 1 aromatic heterocycles. The Morgan fingerprint density at radius 1 is 1.31 bits per heavy atom. The first kappa shape index (κ1) is 13.4. The number of rotatable bonds is 7. The molecule has 0 aliphatic heterocycles. The molecule has 1 aromatic rings. The molecule has 1 rings (SSSR count). The van der Waals surface area contributed by atoms with Gasteiger partial charge in [0.05, 0.1) is 6.10 Å². The van der Waals surface area contributed by atoms with Crippen LogP contribution in [0.15, 0.2) is 0 Å². The fraction of sp³-hybridized carbons (Fsp3) is 0.818. The summed E-state index contributed by atoms with van der Waals surface area (Å²) >= 11 is 1.36. The molecule has 1 heterocycles. The molecule has 1 unspecified atom stereocenters. The van der Waals surface area contributed by atoms with Crippen LogP contribution in [-0.2, 0) is 6.42 Å². The highest BCUT2D eigenvalue weighted by Crippen LogP contribution is 2.15. The van der Waals surface area contributed by atoms with E-state index in [0.29, 0.717) is 12.5 Å². The Kier molecular flexibility index (Phi) is 5.69. The zero-order valence-electron chi connectivity index (χ0n) is 10.2. The van der Waals surface area contributed by atoms with Gasteiger partial charge in [0.1, 0.15) is 5.82 Å². The van der Waals surface area contributed by atoms with Crippen molar-refractivity contribution in [3.05, 3.63) is 5.82 Å². The monoisotopic (exact) mass is 243 g/mol. The molecule has 5 heteroatoms. The van der Waals surface area contributed by atoms with E-state index in [-0.39, 0.29) is 6.10 Å². The molecule has 16 heavy (non-hydrogen) atoms. The summed E-state index contributed by atoms with van der Waals surface area (Å²) in [4.78, 5) is 4.30. The van der Waals surface area contributed by atoms with Gasteiger partial charge in [-0.1, -0.05) is 33.6 Å². The lowest BCUT2D eigenvalue weighted by atomic mass is 9.97. The lowest BCUT2D eigenvalue weighted by Gasteiger charge is -2.19. The number of aryl methyl sites for hydroxylation is 1. The summed E-state index contributed by atoms with van der Waals surface area (Å²) in [5.74, 6) is 1.23. The molecule has 0 aromatic carbocycles. The summed E-state index contributed by atoms with van der Waals surface area (Å²) in [6.45, 7) is 6.81. The van der Waals surface area contributed by atoms with E-state index >= 15 is 0 Å². The molecule has 0 saturated heterocycles. The van der Waals surface area contributed by atoms with Crippen LogP contribution >= 0.6 is 11.5 Å². The van der Waals surface area contributed by atoms with Crippen LogP contribution in [0, 0.1) is 5.92 Å². The average Bonchev–Trinajstić information content (AvgIpc) is 2.76. The zero-order chi connectivity index (χ0) is 12.0. The molecule has 0 radical (unpaired) electrons. The van der Waals surface area contributed by atoms with E-state index in [1.54, 1.807) is 0 Å². The van der Waals surface area contributed by atoms with Crippen LogP contribution in [0.2, 0.25) is 0 Å². The Bertz CT molecular complexity index is 299. The van der Waals surface area contributed by atoms with Crippen molar-refractivity contribution < 1.29 is 5.11 Å². The van der Waals surface area contributed by atoms with Crippen LogP contribution in [0.1, 0.15) is 39.4 Å². The SMILES string of the molecule is CCc1nsc(NCC(O)C(CC)CC)n1. The Morgan fingerprint density at radius 3 is 2.50 bits per heavy atom. The molecule has 1 atom stereocenters. The van der Waals surface area contributed by atoms with Gasteiger partial charge >= 0.3 is 0 Å². The molecule has 0 saturated carbocycles. The Balaban J connectivity index is 2.38. The van der Waals surface area contributed by atoms with Crippen LogP contribution in [-0.4, -0.2) is 27.1 Å². The van der Waals surface area contributed by atoms with Gasteiger partial charge in [0.2, 0.25) is 5.13 Å². The van der Waals surface area contributed by atoms with Crippen molar-refractivity contribution in [3.8, 4) is 0 Å². The highest BCUT2D eigenvalue weighted by Gasteiger charge is 2.15. The lowest BCUT2D eigenvalue weighted by molar-refractivity contribution is 0.114. The van der Waals surface area contributed by atoms with Crippen molar-refractivity contribution in [2.75, 3.05) is 11.9 Å². The van der Waals surface area contributed by atoms with E-state index in [0.717, 1.165) is 30.2 Å². The second-order valence-electron chi connectivity index (χ2n) is 3.89. The maximum atomic E-state index is 9.93. The Morgan fingerprint density at radius 2 is 2.00 bits per heavy atom. The summed E-state index contributed by atoms with van der Waals surface area (Å²) in [7, 11) is 0. The van der Waals surface area contributed by atoms with Crippen LogP contribution in [0.5, 0.6) is 0 Å². The van der Waals surface area contributed by atoms with Gasteiger partial charge in [0.15, 0.2) is 0 Å². The summed E-state index contributed by atoms with van der Waals surface area (Å²) in [5.41, 5.74) is 0. The summed E-state index contributed by atoms with van der Waals surface area (Å²) in [5, 5.41) is 13.9. The number of hydrogen-bond donors (Lipinski definition) is 2. The van der Waals surface area contributed by atoms with Crippen molar-refractivity contribution in [2.24, 2.45) is 5.92 Å². The molecule has 0 aliphatic carbocycles. The maximum Gasteiger partial charge on any atom is 0.202 e. The van der Waals surface area contributed by atoms with E-state index in [4.69, 9.17) is 0 Å². The predicted octanol–water partition coefficient (Wildman–Crippen LogP) is 2.31. The molecule has 0 amide bonds. The summed E-state index contributed by atoms with van der Waals surface area (Å²) in [6, 6.07) is 0. The Labute approximate surface area is 101 Å². The molecule has 0 fully saturated rings. The number of anilines is 1. The largest absolute Gasteiger partial charge is 0.391 e. The third kappa shape index (κ3) is 3.72. The number of nitrogens with zero attached hydrogens (tertiary/aromatic N) is 2. The second-order valence-corrected chi connectivity index (χ2v) is 4.65. The topological polar surface area (TPSA) is 58.0 Å². The van der Waals surface area contributed by atoms with Crippen molar-refractivity contribution in [2.45, 2.75) is 46.1 Å². The molecule has 2 N–H and O–H groups in total. The van der Waals surface area contributed by atoms with Gasteiger partial charge in [-0.15, -0.1) is 0 Å². The van der Waals surface area contributed by atoms with Crippen LogP contribution < -0.4 is 5.32 Å². The smallest absolute Gasteiger partial charge is 0.202 e. The molecule has 0 bridgehead atoms. The quantitative estimate of drug-likeness (QED) is 0.771. The van der Waals surface area contributed by atoms with Crippen molar-refractivity contribution >= 4 is 16.7 Å². The highest BCUT2D eigenvalue weighted by molar-refractivity contribution is 7.09. The Hall–Kier alpha value is -0.680. The van der Waals surface area contributed by atoms with Crippen molar-refractivity contribution in [3.63, 3.8) is 0 Å². The molecule has 0 aliphatic rings. The first-order chi connectivity index (χ1) is 7.71. The van der Waals surface area contributed by atoms with Gasteiger partial charge < -0.3 is 10.4 Å². The molecular weight excluding hydrogens is 222 g/mol. The first-order valence-electron chi connectivity index (χ1n) is 5.95. The van der Waals surface area contributed by atoms with Crippen molar-refractivity contribution in [1.82, 2.24) is 9.36 Å². The summed E-state index contributed by atoms with van der Waals surface area (Å²) in [6.07, 6.45) is 2.57. The number of aliphatic hydroxyl groups excluding tert-OH is 1. The maximum absolute atomic E-state index is 9.93. The first-order valence-corrected chi connectivity index (χ1v) is 6.73. The number of aromatic nitrogens is 2. The van der Waals surface area contributed by atoms with Crippen LogP contribution in [0.25, 0.3) is 0 Å². The van der Waals surface area contributed by atoms with Gasteiger partial charge in [-0.05, 0) is 5.92 Å². The molecule has 92 valence electrons. The number of hydrogen-bond acceptors (Lipinski definition) is 5. The normalized spacial score (nSPS) is 13.1. The molecule has 4 nitrogen and oxygen atoms in total. The second kappa shape index (κ2) is 6.81. The van der Waals surface area contributed by atoms with Gasteiger partial charge in [0, 0.05) is 24.5 Å². The van der Waals surface area contributed by atoms with Crippen LogP contribution in [0.3, 0.4) is 0 Å². The zero-order valence-corrected chi connectivity index (χ0v) is 11.0. The highest BCUT2D eigenvalue weighted by atomic mass is 32.1.